The topological polar surface area (TPSA) is 47.6 Å². The van der Waals surface area contributed by atoms with Crippen molar-refractivity contribution in [3.63, 3.8) is 0 Å². The number of nitrogens with one attached hydrogen (secondary N) is 1. The van der Waals surface area contributed by atoms with Gasteiger partial charge in [-0.1, -0.05) is 70.5 Å². The molecule has 0 aliphatic carbocycles. The van der Waals surface area contributed by atoms with Crippen LogP contribution in [-0.4, -0.2) is 37.2 Å². The predicted octanol–water partition coefficient (Wildman–Crippen LogP) is 6.22. The van der Waals surface area contributed by atoms with E-state index in [9.17, 15) is 4.79 Å². The monoisotopic (exact) mass is 473 g/mol. The second-order valence-corrected chi connectivity index (χ2v) is 10.9. The highest BCUT2D eigenvalue weighted by Gasteiger charge is 2.16. The minimum absolute atomic E-state index is 0.0153. The molecule has 1 saturated heterocycles. The number of hydrogen-bond donors (Lipinski definition) is 1. The standard InChI is InChI=1S/C26H35NO3S2/c1-27-18-15-25(22-7-3-2-4-8-22)30-23-13-11-21(12-14-23)16-19-29-26(28)10-6-5-9-24-17-20-31-32-24/h2-4,7-8,11-14,24-25,27H,5-6,9-10,15-20H2,1H3. The van der Waals surface area contributed by atoms with Gasteiger partial charge in [-0.25, -0.2) is 0 Å². The average Bonchev–Trinajstić information content (AvgIpc) is 3.35. The maximum Gasteiger partial charge on any atom is 0.305 e. The lowest BCUT2D eigenvalue weighted by Crippen LogP contribution is -2.16. The second-order valence-electron chi connectivity index (χ2n) is 8.10. The lowest BCUT2D eigenvalue weighted by atomic mass is 10.1. The number of hydrogen-bond acceptors (Lipinski definition) is 6. The van der Waals surface area contributed by atoms with E-state index < -0.39 is 0 Å². The summed E-state index contributed by atoms with van der Waals surface area (Å²) in [6.07, 6.45) is 6.76. The van der Waals surface area contributed by atoms with Gasteiger partial charge in [-0.05, 0) is 56.1 Å². The van der Waals surface area contributed by atoms with Gasteiger partial charge in [-0.2, -0.15) is 0 Å². The first kappa shape index (κ1) is 25.0. The van der Waals surface area contributed by atoms with Crippen LogP contribution in [0.15, 0.2) is 54.6 Å². The zero-order valence-electron chi connectivity index (χ0n) is 19.0. The van der Waals surface area contributed by atoms with E-state index in [0.29, 0.717) is 13.0 Å². The van der Waals surface area contributed by atoms with Crippen molar-refractivity contribution in [1.29, 1.82) is 0 Å². The summed E-state index contributed by atoms with van der Waals surface area (Å²) in [5, 5.41) is 3.99. The van der Waals surface area contributed by atoms with Gasteiger partial charge in [0, 0.05) is 30.3 Å². The van der Waals surface area contributed by atoms with Gasteiger partial charge in [0.25, 0.3) is 0 Å². The number of rotatable bonds is 14. The molecule has 0 spiro atoms. The van der Waals surface area contributed by atoms with Crippen LogP contribution in [0, 0.1) is 0 Å². The predicted molar refractivity (Wildman–Crippen MR) is 136 cm³/mol. The van der Waals surface area contributed by atoms with Crippen molar-refractivity contribution in [3.8, 4) is 5.75 Å². The third-order valence-electron chi connectivity index (χ3n) is 5.57. The average molecular weight is 474 g/mol. The molecule has 32 heavy (non-hydrogen) atoms. The van der Waals surface area contributed by atoms with E-state index in [2.05, 4.69) is 29.6 Å². The molecule has 0 amide bonds. The maximum absolute atomic E-state index is 12.0. The van der Waals surface area contributed by atoms with Crippen LogP contribution < -0.4 is 10.1 Å². The van der Waals surface area contributed by atoms with Gasteiger partial charge in [0.2, 0.25) is 0 Å². The number of unbranched alkanes of at least 4 members (excludes halogenated alkanes) is 1. The summed E-state index contributed by atoms with van der Waals surface area (Å²) in [4.78, 5) is 12.0. The van der Waals surface area contributed by atoms with Crippen LogP contribution in [0.1, 0.15) is 55.8 Å². The maximum atomic E-state index is 12.0. The van der Waals surface area contributed by atoms with E-state index >= 15 is 0 Å². The lowest BCUT2D eigenvalue weighted by molar-refractivity contribution is -0.143. The first-order valence-corrected chi connectivity index (χ1v) is 14.0. The highest BCUT2D eigenvalue weighted by Crippen LogP contribution is 2.39. The molecule has 2 unspecified atom stereocenters. The Morgan fingerprint density at radius 2 is 1.94 bits per heavy atom. The van der Waals surface area contributed by atoms with Gasteiger partial charge in [0.15, 0.2) is 0 Å². The number of esters is 1. The molecule has 3 rings (SSSR count). The summed E-state index contributed by atoms with van der Waals surface area (Å²) in [6, 6.07) is 18.5. The molecule has 1 N–H and O–H groups in total. The molecule has 1 aliphatic rings. The molecule has 2 atom stereocenters. The van der Waals surface area contributed by atoms with Gasteiger partial charge in [0.1, 0.15) is 11.9 Å². The molecule has 1 heterocycles. The minimum Gasteiger partial charge on any atom is -0.486 e. The third-order valence-corrected chi connectivity index (χ3v) is 8.57. The highest BCUT2D eigenvalue weighted by molar-refractivity contribution is 8.77. The summed E-state index contributed by atoms with van der Waals surface area (Å²) in [7, 11) is 5.94. The molecule has 1 aliphatic heterocycles. The van der Waals surface area contributed by atoms with Crippen molar-refractivity contribution in [2.75, 3.05) is 26.0 Å². The molecule has 174 valence electrons. The fourth-order valence-electron chi connectivity index (χ4n) is 3.70. The van der Waals surface area contributed by atoms with E-state index in [1.165, 1.54) is 24.2 Å². The first-order chi connectivity index (χ1) is 15.7. The number of benzene rings is 2. The first-order valence-electron chi connectivity index (χ1n) is 11.6. The zero-order chi connectivity index (χ0) is 22.4. The molecule has 2 aromatic rings. The van der Waals surface area contributed by atoms with Crippen molar-refractivity contribution in [2.45, 2.75) is 56.3 Å². The third kappa shape index (κ3) is 9.08. The van der Waals surface area contributed by atoms with Gasteiger partial charge in [-0.15, -0.1) is 0 Å². The van der Waals surface area contributed by atoms with E-state index in [0.717, 1.165) is 48.8 Å². The fraction of sp³-hybridized carbons (Fsp3) is 0.500. The quantitative estimate of drug-likeness (QED) is 0.200. The van der Waals surface area contributed by atoms with Crippen LogP contribution in [0.25, 0.3) is 0 Å². The molecule has 0 aromatic heterocycles. The van der Waals surface area contributed by atoms with Crippen LogP contribution in [0.5, 0.6) is 5.75 Å². The molecule has 0 saturated carbocycles. The van der Waals surface area contributed by atoms with Crippen molar-refractivity contribution < 1.29 is 14.3 Å². The van der Waals surface area contributed by atoms with Gasteiger partial charge < -0.3 is 14.8 Å². The van der Waals surface area contributed by atoms with Crippen LogP contribution in [-0.2, 0) is 16.0 Å². The van der Waals surface area contributed by atoms with Crippen LogP contribution in [0.4, 0.5) is 0 Å². The molecule has 6 heteroatoms. The molecule has 1 fully saturated rings. The van der Waals surface area contributed by atoms with E-state index in [1.807, 2.05) is 59.0 Å². The van der Waals surface area contributed by atoms with Crippen molar-refractivity contribution in [1.82, 2.24) is 5.32 Å². The summed E-state index contributed by atoms with van der Waals surface area (Å²) in [5.41, 5.74) is 2.33. The van der Waals surface area contributed by atoms with Gasteiger partial charge in [0.05, 0.1) is 6.61 Å². The summed E-state index contributed by atoms with van der Waals surface area (Å²) in [5.74, 6) is 2.05. The molecule has 4 nitrogen and oxygen atoms in total. The molecule has 0 bridgehead atoms. The number of carbonyl (C=O) groups is 1. The zero-order valence-corrected chi connectivity index (χ0v) is 20.6. The van der Waals surface area contributed by atoms with Crippen molar-refractivity contribution >= 4 is 27.6 Å². The van der Waals surface area contributed by atoms with Crippen molar-refractivity contribution in [2.24, 2.45) is 0 Å². The van der Waals surface area contributed by atoms with Crippen LogP contribution in [0.2, 0.25) is 0 Å². The Bertz CT molecular complexity index is 779. The van der Waals surface area contributed by atoms with E-state index in [1.54, 1.807) is 0 Å². The second kappa shape index (κ2) is 14.5. The Hall–Kier alpha value is -1.63. The van der Waals surface area contributed by atoms with E-state index in [-0.39, 0.29) is 12.1 Å². The minimum atomic E-state index is -0.0753. The SMILES string of the molecule is CNCCC(Oc1ccc(CCOC(=O)CCCCC2CCSS2)cc1)c1ccccc1. The number of ether oxygens (including phenoxy) is 2. The largest absolute Gasteiger partial charge is 0.486 e. The Kier molecular flexibility index (Phi) is 11.3. The van der Waals surface area contributed by atoms with Crippen LogP contribution in [0.3, 0.4) is 0 Å². The Labute approximate surface area is 200 Å². The molecular weight excluding hydrogens is 438 g/mol. The van der Waals surface area contributed by atoms with Gasteiger partial charge in [-0.3, -0.25) is 4.79 Å². The van der Waals surface area contributed by atoms with Crippen molar-refractivity contribution in [3.05, 3.63) is 65.7 Å². The van der Waals surface area contributed by atoms with E-state index in [4.69, 9.17) is 9.47 Å². The molecule has 2 aromatic carbocycles. The number of carbonyl (C=O) groups excluding carboxylic acids is 1. The van der Waals surface area contributed by atoms with Gasteiger partial charge >= 0.3 is 5.97 Å². The highest BCUT2D eigenvalue weighted by atomic mass is 33.1. The Morgan fingerprint density at radius 1 is 1.12 bits per heavy atom. The van der Waals surface area contributed by atoms with Crippen LogP contribution >= 0.6 is 21.6 Å². The molecule has 0 radical (unpaired) electrons. The Morgan fingerprint density at radius 3 is 2.66 bits per heavy atom. The molecular formula is C26H35NO3S2. The smallest absolute Gasteiger partial charge is 0.305 e. The summed E-state index contributed by atoms with van der Waals surface area (Å²) >= 11 is 0. The Balaban J connectivity index is 1.35. The summed E-state index contributed by atoms with van der Waals surface area (Å²) in [6.45, 7) is 1.32. The lowest BCUT2D eigenvalue weighted by Gasteiger charge is -2.20. The normalized spacial score (nSPS) is 16.6. The fourth-order valence-corrected chi connectivity index (χ4v) is 6.72. The summed E-state index contributed by atoms with van der Waals surface area (Å²) < 4.78 is 11.7.